The summed E-state index contributed by atoms with van der Waals surface area (Å²) in [6, 6.07) is 0. The summed E-state index contributed by atoms with van der Waals surface area (Å²) in [4.78, 5) is 21.7. The third-order valence-electron chi connectivity index (χ3n) is 1.16. The molecule has 0 spiro atoms. The van der Waals surface area contributed by atoms with E-state index in [1.165, 1.54) is 7.05 Å². The highest BCUT2D eigenvalue weighted by atomic mass is 16.5. The molecule has 0 aromatic carbocycles. The van der Waals surface area contributed by atoms with Crippen LogP contribution in [-0.4, -0.2) is 42.3 Å². The van der Waals surface area contributed by atoms with Gasteiger partial charge in [0.15, 0.2) is 0 Å². The molecule has 1 N–H and O–H groups in total. The first-order valence-corrected chi connectivity index (χ1v) is 3.31. The first-order chi connectivity index (χ1) is 5.57. The highest BCUT2D eigenvalue weighted by Gasteiger charge is 2.04. The van der Waals surface area contributed by atoms with Gasteiger partial charge in [0, 0.05) is 13.1 Å². The summed E-state index contributed by atoms with van der Waals surface area (Å²) in [7, 11) is 1.39. The molecular formula is C7H11NO4. The summed E-state index contributed by atoms with van der Waals surface area (Å²) in [5.74, 6) is -0.547. The van der Waals surface area contributed by atoms with Gasteiger partial charge >= 0.3 is 12.1 Å². The van der Waals surface area contributed by atoms with Crippen LogP contribution in [0.25, 0.3) is 0 Å². The van der Waals surface area contributed by atoms with E-state index in [1.807, 2.05) is 0 Å². The van der Waals surface area contributed by atoms with Crippen LogP contribution in [0.2, 0.25) is 0 Å². The molecule has 0 aromatic heterocycles. The van der Waals surface area contributed by atoms with Crippen molar-refractivity contribution in [2.45, 2.75) is 0 Å². The van der Waals surface area contributed by atoms with Gasteiger partial charge < -0.3 is 14.7 Å². The normalized spacial score (nSPS) is 8.75. The third kappa shape index (κ3) is 4.32. The fraction of sp³-hybridized carbons (Fsp3) is 0.429. The Bertz CT molecular complexity index is 190. The van der Waals surface area contributed by atoms with Crippen molar-refractivity contribution in [3.8, 4) is 0 Å². The minimum absolute atomic E-state index is 0.0493. The van der Waals surface area contributed by atoms with Gasteiger partial charge in [-0.05, 0) is 0 Å². The summed E-state index contributed by atoms with van der Waals surface area (Å²) in [5, 5.41) is 8.37. The molecule has 0 aromatic rings. The van der Waals surface area contributed by atoms with E-state index >= 15 is 0 Å². The Morgan fingerprint density at radius 2 is 2.25 bits per heavy atom. The van der Waals surface area contributed by atoms with Crippen molar-refractivity contribution in [3.05, 3.63) is 12.7 Å². The first kappa shape index (κ1) is 10.5. The monoisotopic (exact) mass is 173 g/mol. The third-order valence-corrected chi connectivity index (χ3v) is 1.16. The topological polar surface area (TPSA) is 66.8 Å². The Morgan fingerprint density at radius 1 is 1.67 bits per heavy atom. The van der Waals surface area contributed by atoms with Gasteiger partial charge in [-0.3, -0.25) is 0 Å². The van der Waals surface area contributed by atoms with Crippen molar-refractivity contribution < 1.29 is 19.4 Å². The summed E-state index contributed by atoms with van der Waals surface area (Å²) >= 11 is 0. The van der Waals surface area contributed by atoms with E-state index in [0.29, 0.717) is 0 Å². The number of hydrogen-bond donors (Lipinski definition) is 1. The first-order valence-electron chi connectivity index (χ1n) is 3.31. The van der Waals surface area contributed by atoms with Crippen molar-refractivity contribution in [2.24, 2.45) is 0 Å². The minimum Gasteiger partial charge on any atom is -0.465 e. The summed E-state index contributed by atoms with van der Waals surface area (Å²) in [5.41, 5.74) is 0. The lowest BCUT2D eigenvalue weighted by Gasteiger charge is -2.11. The van der Waals surface area contributed by atoms with Gasteiger partial charge in [-0.1, -0.05) is 6.58 Å². The van der Waals surface area contributed by atoms with Crippen molar-refractivity contribution in [1.82, 2.24) is 4.90 Å². The summed E-state index contributed by atoms with van der Waals surface area (Å²) in [6.07, 6.45) is -0.0227. The van der Waals surface area contributed by atoms with Gasteiger partial charge in [-0.2, -0.15) is 0 Å². The van der Waals surface area contributed by atoms with Crippen molar-refractivity contribution >= 4 is 12.1 Å². The number of carbonyl (C=O) groups is 2. The lowest BCUT2D eigenvalue weighted by Crippen LogP contribution is -2.28. The highest BCUT2D eigenvalue weighted by molar-refractivity contribution is 5.81. The second-order valence-corrected chi connectivity index (χ2v) is 2.08. The van der Waals surface area contributed by atoms with E-state index in [9.17, 15) is 9.59 Å². The molecule has 0 atom stereocenters. The standard InChI is InChI=1S/C7H11NO4/c1-3-6(9)12-5-4-8(2)7(10)11/h3H,1,4-5H2,2H3,(H,10,11). The fourth-order valence-electron chi connectivity index (χ4n) is 0.438. The molecule has 0 rings (SSSR count). The molecule has 0 saturated carbocycles. The van der Waals surface area contributed by atoms with E-state index < -0.39 is 12.1 Å². The molecule has 0 bridgehead atoms. The Kier molecular flexibility index (Phi) is 4.52. The Balaban J connectivity index is 3.49. The van der Waals surface area contributed by atoms with Gasteiger partial charge in [0.25, 0.3) is 0 Å². The largest absolute Gasteiger partial charge is 0.465 e. The number of carbonyl (C=O) groups excluding carboxylic acids is 1. The molecular weight excluding hydrogens is 162 g/mol. The second kappa shape index (κ2) is 5.17. The van der Waals surface area contributed by atoms with Crippen LogP contribution in [0.4, 0.5) is 4.79 Å². The zero-order valence-electron chi connectivity index (χ0n) is 6.82. The van der Waals surface area contributed by atoms with Crippen LogP contribution in [-0.2, 0) is 9.53 Å². The van der Waals surface area contributed by atoms with E-state index in [-0.39, 0.29) is 13.2 Å². The maximum atomic E-state index is 10.5. The molecule has 0 aliphatic rings. The van der Waals surface area contributed by atoms with Crippen LogP contribution < -0.4 is 0 Å². The molecule has 0 heterocycles. The molecule has 5 nitrogen and oxygen atoms in total. The van der Waals surface area contributed by atoms with Crippen LogP contribution in [0.5, 0.6) is 0 Å². The Labute approximate surface area is 70.2 Å². The van der Waals surface area contributed by atoms with Crippen molar-refractivity contribution in [2.75, 3.05) is 20.2 Å². The van der Waals surface area contributed by atoms with E-state index in [4.69, 9.17) is 5.11 Å². The summed E-state index contributed by atoms with van der Waals surface area (Å²) in [6.45, 7) is 3.40. The van der Waals surface area contributed by atoms with Gasteiger partial charge in [-0.25, -0.2) is 9.59 Å². The number of carboxylic acid groups (broad SMARTS) is 1. The van der Waals surface area contributed by atoms with Crippen LogP contribution in [0, 0.1) is 0 Å². The number of rotatable bonds is 4. The van der Waals surface area contributed by atoms with Crippen LogP contribution >= 0.6 is 0 Å². The molecule has 68 valence electrons. The second-order valence-electron chi connectivity index (χ2n) is 2.08. The minimum atomic E-state index is -1.05. The van der Waals surface area contributed by atoms with E-state index in [1.54, 1.807) is 0 Å². The van der Waals surface area contributed by atoms with Gasteiger partial charge in [0.2, 0.25) is 0 Å². The zero-order chi connectivity index (χ0) is 9.56. The predicted molar refractivity (Wildman–Crippen MR) is 41.8 cm³/mol. The zero-order valence-corrected chi connectivity index (χ0v) is 6.82. The number of esters is 1. The van der Waals surface area contributed by atoms with Crippen molar-refractivity contribution in [1.29, 1.82) is 0 Å². The maximum Gasteiger partial charge on any atom is 0.407 e. The van der Waals surface area contributed by atoms with Gasteiger partial charge in [0.1, 0.15) is 6.61 Å². The smallest absolute Gasteiger partial charge is 0.407 e. The number of hydrogen-bond acceptors (Lipinski definition) is 3. The molecule has 0 radical (unpaired) electrons. The summed E-state index contributed by atoms with van der Waals surface area (Å²) < 4.78 is 4.55. The highest BCUT2D eigenvalue weighted by Crippen LogP contribution is 1.85. The average molecular weight is 173 g/mol. The van der Waals surface area contributed by atoms with Crippen LogP contribution in [0.15, 0.2) is 12.7 Å². The maximum absolute atomic E-state index is 10.5. The van der Waals surface area contributed by atoms with Crippen molar-refractivity contribution in [3.63, 3.8) is 0 Å². The molecule has 0 saturated heterocycles. The number of amides is 1. The Morgan fingerprint density at radius 3 is 2.67 bits per heavy atom. The quantitative estimate of drug-likeness (QED) is 0.491. The van der Waals surface area contributed by atoms with E-state index in [0.717, 1.165) is 11.0 Å². The predicted octanol–water partition coefficient (Wildman–Crippen LogP) is 0.325. The molecule has 5 heteroatoms. The lowest BCUT2D eigenvalue weighted by molar-refractivity contribution is -0.138. The number of likely N-dealkylation sites (N-methyl/N-ethyl adjacent to an activating group) is 1. The van der Waals surface area contributed by atoms with Crippen LogP contribution in [0.1, 0.15) is 0 Å². The fourth-order valence-corrected chi connectivity index (χ4v) is 0.438. The molecule has 12 heavy (non-hydrogen) atoms. The van der Waals surface area contributed by atoms with E-state index in [2.05, 4.69) is 11.3 Å². The molecule has 0 aliphatic carbocycles. The molecule has 0 unspecified atom stereocenters. The average Bonchev–Trinajstić information content (AvgIpc) is 2.03. The van der Waals surface area contributed by atoms with Gasteiger partial charge in [-0.15, -0.1) is 0 Å². The molecule has 0 aliphatic heterocycles. The lowest BCUT2D eigenvalue weighted by atomic mass is 10.6. The Hall–Kier alpha value is -1.52. The van der Waals surface area contributed by atoms with Gasteiger partial charge in [0.05, 0.1) is 6.54 Å². The SMILES string of the molecule is C=CC(=O)OCCN(C)C(=O)O. The number of nitrogens with zero attached hydrogens (tertiary/aromatic N) is 1. The number of ether oxygens (including phenoxy) is 1. The van der Waals surface area contributed by atoms with Crippen LogP contribution in [0.3, 0.4) is 0 Å². The molecule has 1 amide bonds. The molecule has 0 fully saturated rings.